The van der Waals surface area contributed by atoms with E-state index in [1.165, 1.54) is 12.1 Å². The van der Waals surface area contributed by atoms with Crippen LogP contribution in [-0.4, -0.2) is 4.98 Å². The highest BCUT2D eigenvalue weighted by Gasteiger charge is 1.99. The fourth-order valence-electron chi connectivity index (χ4n) is 0.497. The molecule has 0 aromatic carbocycles. The zero-order chi connectivity index (χ0) is 7.56. The van der Waals surface area contributed by atoms with Crippen LogP contribution in [0.5, 0.6) is 0 Å². The summed E-state index contributed by atoms with van der Waals surface area (Å²) in [7, 11) is 0. The fourth-order valence-corrected chi connectivity index (χ4v) is 0.918. The second-order valence-corrected chi connectivity index (χ2v) is 2.74. The van der Waals surface area contributed by atoms with E-state index in [1.807, 2.05) is 22.6 Å². The molecule has 0 spiro atoms. The Hall–Kier alpha value is -0.700. The first-order valence-corrected chi connectivity index (χ1v) is 3.54. The van der Waals surface area contributed by atoms with Crippen molar-refractivity contribution in [1.29, 1.82) is 5.26 Å². The lowest BCUT2D eigenvalue weighted by Crippen LogP contribution is -1.89. The van der Waals surface area contributed by atoms with Crippen LogP contribution in [0.3, 0.4) is 0 Å². The normalized spacial score (nSPS) is 8.90. The predicted octanol–water partition coefficient (Wildman–Crippen LogP) is 1.70. The zero-order valence-corrected chi connectivity index (χ0v) is 6.96. The Bertz CT molecular complexity index is 292. The van der Waals surface area contributed by atoms with Crippen molar-refractivity contribution in [2.24, 2.45) is 0 Å². The molecule has 0 aliphatic carbocycles. The van der Waals surface area contributed by atoms with Crippen LogP contribution in [0.1, 0.15) is 5.69 Å². The maximum absolute atomic E-state index is 12.3. The van der Waals surface area contributed by atoms with Crippen LogP contribution in [0.2, 0.25) is 0 Å². The van der Waals surface area contributed by atoms with Crippen molar-refractivity contribution < 1.29 is 4.39 Å². The predicted molar refractivity (Wildman–Crippen MR) is 41.6 cm³/mol. The minimum Gasteiger partial charge on any atom is -0.208 e. The number of pyridine rings is 1. The summed E-state index contributed by atoms with van der Waals surface area (Å²) in [6.45, 7) is 0. The number of aromatic nitrogens is 1. The van der Waals surface area contributed by atoms with Gasteiger partial charge in [-0.05, 0) is 34.7 Å². The van der Waals surface area contributed by atoms with Gasteiger partial charge in [-0.2, -0.15) is 9.65 Å². The van der Waals surface area contributed by atoms with Gasteiger partial charge in [0.15, 0.2) is 5.69 Å². The summed E-state index contributed by atoms with van der Waals surface area (Å²) < 4.78 is 12.9. The molecule has 0 fully saturated rings. The second kappa shape index (κ2) is 2.92. The Morgan fingerprint density at radius 2 is 2.30 bits per heavy atom. The number of hydrogen-bond donors (Lipinski definition) is 0. The molecule has 0 N–H and O–H groups in total. The largest absolute Gasteiger partial charge is 0.214 e. The SMILES string of the molecule is N#Cc1nc(F)ccc1I. The van der Waals surface area contributed by atoms with Gasteiger partial charge in [-0.25, -0.2) is 4.98 Å². The molecule has 0 unspecified atom stereocenters. The Kier molecular flexibility index (Phi) is 2.17. The maximum Gasteiger partial charge on any atom is 0.214 e. The van der Waals surface area contributed by atoms with Crippen molar-refractivity contribution in [3.63, 3.8) is 0 Å². The molecule has 0 aliphatic rings. The first-order valence-electron chi connectivity index (χ1n) is 2.46. The number of nitriles is 1. The molecule has 50 valence electrons. The van der Waals surface area contributed by atoms with Crippen molar-refractivity contribution in [2.45, 2.75) is 0 Å². The van der Waals surface area contributed by atoms with Crippen LogP contribution in [0, 0.1) is 20.8 Å². The van der Waals surface area contributed by atoms with E-state index in [0.717, 1.165) is 0 Å². The van der Waals surface area contributed by atoms with E-state index in [1.54, 1.807) is 6.07 Å². The Morgan fingerprint density at radius 3 is 2.80 bits per heavy atom. The number of rotatable bonds is 0. The third-order valence-corrected chi connectivity index (χ3v) is 1.79. The molecule has 0 atom stereocenters. The number of halogens is 2. The van der Waals surface area contributed by atoms with E-state index < -0.39 is 5.95 Å². The molecular weight excluding hydrogens is 246 g/mol. The molecule has 1 aromatic rings. The van der Waals surface area contributed by atoms with Crippen LogP contribution in [0.4, 0.5) is 4.39 Å². The summed E-state index contributed by atoms with van der Waals surface area (Å²) in [5.41, 5.74) is 0.139. The van der Waals surface area contributed by atoms with E-state index >= 15 is 0 Å². The molecule has 4 heteroatoms. The van der Waals surface area contributed by atoms with Crippen LogP contribution < -0.4 is 0 Å². The maximum atomic E-state index is 12.3. The summed E-state index contributed by atoms with van der Waals surface area (Å²) in [6.07, 6.45) is 0. The minimum absolute atomic E-state index is 0.139. The van der Waals surface area contributed by atoms with Gasteiger partial charge in [0.1, 0.15) is 6.07 Å². The van der Waals surface area contributed by atoms with E-state index in [9.17, 15) is 4.39 Å². The highest BCUT2D eigenvalue weighted by atomic mass is 127. The van der Waals surface area contributed by atoms with Crippen LogP contribution in [-0.2, 0) is 0 Å². The van der Waals surface area contributed by atoms with Crippen molar-refractivity contribution in [3.8, 4) is 6.07 Å². The summed E-state index contributed by atoms with van der Waals surface area (Å²) >= 11 is 1.93. The molecular formula is C6H2FIN2. The monoisotopic (exact) mass is 248 g/mol. The smallest absolute Gasteiger partial charge is 0.208 e. The Balaban J connectivity index is 3.25. The van der Waals surface area contributed by atoms with Gasteiger partial charge < -0.3 is 0 Å². The van der Waals surface area contributed by atoms with Gasteiger partial charge in [-0.3, -0.25) is 0 Å². The van der Waals surface area contributed by atoms with Crippen molar-refractivity contribution in [1.82, 2.24) is 4.98 Å². The molecule has 2 nitrogen and oxygen atoms in total. The summed E-state index contributed by atoms with van der Waals surface area (Å²) in [5, 5.41) is 8.36. The fraction of sp³-hybridized carbons (Fsp3) is 0. The Morgan fingerprint density at radius 1 is 1.60 bits per heavy atom. The van der Waals surface area contributed by atoms with Crippen molar-refractivity contribution in [3.05, 3.63) is 27.3 Å². The van der Waals surface area contributed by atoms with E-state index in [2.05, 4.69) is 4.98 Å². The van der Waals surface area contributed by atoms with Crippen LogP contribution in [0.15, 0.2) is 12.1 Å². The van der Waals surface area contributed by atoms with Gasteiger partial charge in [0.25, 0.3) is 0 Å². The first kappa shape index (κ1) is 7.41. The molecule has 1 heterocycles. The molecule has 0 saturated carbocycles. The van der Waals surface area contributed by atoms with Crippen molar-refractivity contribution >= 4 is 22.6 Å². The average molecular weight is 248 g/mol. The third-order valence-electron chi connectivity index (χ3n) is 0.918. The van der Waals surface area contributed by atoms with Crippen LogP contribution in [0.25, 0.3) is 0 Å². The lowest BCUT2D eigenvalue weighted by Gasteiger charge is -1.91. The average Bonchev–Trinajstić information content (AvgIpc) is 1.94. The third kappa shape index (κ3) is 1.42. The highest BCUT2D eigenvalue weighted by Crippen LogP contribution is 2.08. The molecule has 1 aromatic heterocycles. The lowest BCUT2D eigenvalue weighted by molar-refractivity contribution is 0.581. The zero-order valence-electron chi connectivity index (χ0n) is 4.81. The number of hydrogen-bond acceptors (Lipinski definition) is 2. The molecule has 0 amide bonds. The van der Waals surface area contributed by atoms with Gasteiger partial charge in [-0.1, -0.05) is 0 Å². The van der Waals surface area contributed by atoms with Gasteiger partial charge in [-0.15, -0.1) is 0 Å². The van der Waals surface area contributed by atoms with Gasteiger partial charge in [0.05, 0.1) is 0 Å². The van der Waals surface area contributed by atoms with Gasteiger partial charge >= 0.3 is 0 Å². The van der Waals surface area contributed by atoms with E-state index in [4.69, 9.17) is 5.26 Å². The minimum atomic E-state index is -0.614. The lowest BCUT2D eigenvalue weighted by atomic mass is 10.4. The molecule has 0 aliphatic heterocycles. The van der Waals surface area contributed by atoms with E-state index in [-0.39, 0.29) is 5.69 Å². The highest BCUT2D eigenvalue weighted by molar-refractivity contribution is 14.1. The standard InChI is InChI=1S/C6H2FIN2/c7-6-2-1-4(8)5(3-9)10-6/h1-2H. The molecule has 0 bridgehead atoms. The summed E-state index contributed by atoms with van der Waals surface area (Å²) in [4.78, 5) is 3.36. The molecule has 0 saturated heterocycles. The van der Waals surface area contributed by atoms with E-state index in [0.29, 0.717) is 3.57 Å². The quantitative estimate of drug-likeness (QED) is 0.517. The molecule has 1 rings (SSSR count). The molecule has 0 radical (unpaired) electrons. The number of nitrogens with zero attached hydrogens (tertiary/aromatic N) is 2. The summed E-state index contributed by atoms with van der Waals surface area (Å²) in [5.74, 6) is -0.614. The second-order valence-electron chi connectivity index (χ2n) is 1.58. The van der Waals surface area contributed by atoms with Crippen LogP contribution >= 0.6 is 22.6 Å². The Labute approximate surface area is 70.8 Å². The first-order chi connectivity index (χ1) is 4.74. The molecule has 10 heavy (non-hydrogen) atoms. The van der Waals surface area contributed by atoms with Gasteiger partial charge in [0, 0.05) is 3.57 Å². The van der Waals surface area contributed by atoms with Crippen molar-refractivity contribution in [2.75, 3.05) is 0 Å². The topological polar surface area (TPSA) is 36.7 Å². The summed E-state index contributed by atoms with van der Waals surface area (Å²) in [6, 6.07) is 4.52. The van der Waals surface area contributed by atoms with Gasteiger partial charge in [0.2, 0.25) is 5.95 Å².